The smallest absolute Gasteiger partial charge is 0.0503 e. The Balaban J connectivity index is 2.25. The van der Waals surface area contributed by atoms with E-state index in [0.717, 1.165) is 23.4 Å². The van der Waals surface area contributed by atoms with E-state index in [4.69, 9.17) is 5.73 Å². The molecule has 0 spiro atoms. The van der Waals surface area contributed by atoms with Crippen molar-refractivity contribution in [3.05, 3.63) is 53.6 Å². The first-order chi connectivity index (χ1) is 7.25. The number of nitrogens with zero attached hydrogens (tertiary/aromatic N) is 2. The van der Waals surface area contributed by atoms with E-state index in [2.05, 4.69) is 9.97 Å². The first kappa shape index (κ1) is 9.65. The Morgan fingerprint density at radius 1 is 1.27 bits per heavy atom. The summed E-state index contributed by atoms with van der Waals surface area (Å²) in [5, 5.41) is 0. The van der Waals surface area contributed by atoms with E-state index >= 15 is 0 Å². The van der Waals surface area contributed by atoms with E-state index in [-0.39, 0.29) is 0 Å². The summed E-state index contributed by atoms with van der Waals surface area (Å²) < 4.78 is 0. The summed E-state index contributed by atoms with van der Waals surface area (Å²) in [6, 6.07) is 7.82. The van der Waals surface area contributed by atoms with Gasteiger partial charge < -0.3 is 5.73 Å². The van der Waals surface area contributed by atoms with Crippen molar-refractivity contribution in [2.75, 3.05) is 5.73 Å². The maximum absolute atomic E-state index is 5.64. The fourth-order valence-corrected chi connectivity index (χ4v) is 1.48. The molecule has 15 heavy (non-hydrogen) atoms. The van der Waals surface area contributed by atoms with Crippen LogP contribution in [0.25, 0.3) is 0 Å². The van der Waals surface area contributed by atoms with Crippen molar-refractivity contribution in [3.8, 4) is 0 Å². The summed E-state index contributed by atoms with van der Waals surface area (Å²) in [5.41, 5.74) is 9.52. The molecule has 2 aromatic rings. The molecule has 3 heteroatoms. The molecule has 3 nitrogen and oxygen atoms in total. The molecular weight excluding hydrogens is 186 g/mol. The van der Waals surface area contributed by atoms with Gasteiger partial charge in [0.05, 0.1) is 11.9 Å². The molecule has 2 N–H and O–H groups in total. The van der Waals surface area contributed by atoms with E-state index in [1.807, 2.05) is 31.2 Å². The van der Waals surface area contributed by atoms with Crippen molar-refractivity contribution in [1.29, 1.82) is 0 Å². The third-order valence-electron chi connectivity index (χ3n) is 2.28. The van der Waals surface area contributed by atoms with Crippen molar-refractivity contribution < 1.29 is 0 Å². The predicted molar refractivity (Wildman–Crippen MR) is 60.4 cm³/mol. The number of nitrogen functional groups attached to an aromatic ring is 1. The van der Waals surface area contributed by atoms with Gasteiger partial charge in [-0.25, -0.2) is 0 Å². The topological polar surface area (TPSA) is 51.8 Å². The van der Waals surface area contributed by atoms with Crippen LogP contribution in [0, 0.1) is 6.92 Å². The van der Waals surface area contributed by atoms with Crippen LogP contribution in [0.15, 0.2) is 36.7 Å². The van der Waals surface area contributed by atoms with E-state index < -0.39 is 0 Å². The molecule has 0 bridgehead atoms. The van der Waals surface area contributed by atoms with E-state index in [1.165, 1.54) is 0 Å². The largest absolute Gasteiger partial charge is 0.397 e. The van der Waals surface area contributed by atoms with Crippen molar-refractivity contribution >= 4 is 5.69 Å². The van der Waals surface area contributed by atoms with Crippen LogP contribution < -0.4 is 5.73 Å². The molecule has 0 aromatic carbocycles. The lowest BCUT2D eigenvalue weighted by Gasteiger charge is -2.04. The molecule has 0 saturated carbocycles. The van der Waals surface area contributed by atoms with Crippen LogP contribution in [0.1, 0.15) is 17.0 Å². The van der Waals surface area contributed by atoms with Gasteiger partial charge in [0.2, 0.25) is 0 Å². The number of aryl methyl sites for hydroxylation is 1. The van der Waals surface area contributed by atoms with Gasteiger partial charge >= 0.3 is 0 Å². The number of anilines is 1. The molecule has 0 unspecified atom stereocenters. The lowest BCUT2D eigenvalue weighted by molar-refractivity contribution is 0.994. The number of hydrogen-bond donors (Lipinski definition) is 1. The Labute approximate surface area is 89.0 Å². The van der Waals surface area contributed by atoms with E-state index in [1.54, 1.807) is 12.4 Å². The fraction of sp³-hybridized carbons (Fsp3) is 0.167. The summed E-state index contributed by atoms with van der Waals surface area (Å²) in [5.74, 6) is 0. The number of nitrogens with two attached hydrogens (primary N) is 1. The van der Waals surface area contributed by atoms with Crippen LogP contribution in [-0.4, -0.2) is 9.97 Å². The Morgan fingerprint density at radius 2 is 2.13 bits per heavy atom. The highest BCUT2D eigenvalue weighted by Gasteiger charge is 2.02. The molecule has 0 aliphatic carbocycles. The van der Waals surface area contributed by atoms with Crippen LogP contribution >= 0.6 is 0 Å². The molecule has 0 aliphatic rings. The Hall–Kier alpha value is -1.90. The molecule has 0 atom stereocenters. The van der Waals surface area contributed by atoms with Gasteiger partial charge in [-0.1, -0.05) is 6.07 Å². The lowest BCUT2D eigenvalue weighted by atomic mass is 10.1. The fourth-order valence-electron chi connectivity index (χ4n) is 1.48. The molecule has 2 aromatic heterocycles. The Bertz CT molecular complexity index is 452. The summed E-state index contributed by atoms with van der Waals surface area (Å²) >= 11 is 0. The lowest BCUT2D eigenvalue weighted by Crippen LogP contribution is -1.99. The molecule has 0 radical (unpaired) electrons. The van der Waals surface area contributed by atoms with Crippen LogP contribution in [0.2, 0.25) is 0 Å². The Kier molecular flexibility index (Phi) is 2.63. The first-order valence-electron chi connectivity index (χ1n) is 4.86. The predicted octanol–water partition coefficient (Wildman–Crippen LogP) is 1.96. The second-order valence-corrected chi connectivity index (χ2v) is 3.53. The molecule has 76 valence electrons. The van der Waals surface area contributed by atoms with E-state index in [0.29, 0.717) is 5.69 Å². The van der Waals surface area contributed by atoms with Gasteiger partial charge in [0.25, 0.3) is 0 Å². The summed E-state index contributed by atoms with van der Waals surface area (Å²) in [6.07, 6.45) is 4.24. The molecular formula is C12H13N3. The minimum Gasteiger partial charge on any atom is -0.397 e. The zero-order valence-electron chi connectivity index (χ0n) is 8.64. The van der Waals surface area contributed by atoms with Gasteiger partial charge in [-0.2, -0.15) is 0 Å². The van der Waals surface area contributed by atoms with Crippen molar-refractivity contribution in [2.24, 2.45) is 0 Å². The van der Waals surface area contributed by atoms with Gasteiger partial charge in [-0.3, -0.25) is 9.97 Å². The maximum Gasteiger partial charge on any atom is 0.0503 e. The van der Waals surface area contributed by atoms with E-state index in [9.17, 15) is 0 Å². The zero-order valence-corrected chi connectivity index (χ0v) is 8.64. The van der Waals surface area contributed by atoms with Crippen molar-refractivity contribution in [2.45, 2.75) is 13.3 Å². The van der Waals surface area contributed by atoms with Crippen LogP contribution in [-0.2, 0) is 6.42 Å². The van der Waals surface area contributed by atoms with Crippen LogP contribution in [0.4, 0.5) is 5.69 Å². The molecule has 0 aliphatic heterocycles. The van der Waals surface area contributed by atoms with Crippen LogP contribution in [0.3, 0.4) is 0 Å². The third kappa shape index (κ3) is 2.31. The highest BCUT2D eigenvalue weighted by atomic mass is 14.7. The quantitative estimate of drug-likeness (QED) is 0.804. The summed E-state index contributed by atoms with van der Waals surface area (Å²) in [6.45, 7) is 2.02. The normalized spacial score (nSPS) is 10.2. The van der Waals surface area contributed by atoms with Gasteiger partial charge in [-0.15, -0.1) is 0 Å². The average Bonchev–Trinajstić information content (AvgIpc) is 2.24. The molecule has 2 heterocycles. The van der Waals surface area contributed by atoms with Crippen molar-refractivity contribution in [1.82, 2.24) is 9.97 Å². The molecule has 0 saturated heterocycles. The standard InChI is InChI=1S/C12H13N3/c1-9-6-10(13)8-15-12(9)7-11-4-2-3-5-14-11/h2-6,8H,7,13H2,1H3. The van der Waals surface area contributed by atoms with Gasteiger partial charge in [0.15, 0.2) is 0 Å². The van der Waals surface area contributed by atoms with Crippen LogP contribution in [0.5, 0.6) is 0 Å². The SMILES string of the molecule is Cc1cc(N)cnc1Cc1ccccn1. The van der Waals surface area contributed by atoms with Gasteiger partial charge in [0, 0.05) is 24.0 Å². The second-order valence-electron chi connectivity index (χ2n) is 3.53. The number of pyridine rings is 2. The second kappa shape index (κ2) is 4.09. The number of aromatic nitrogens is 2. The third-order valence-corrected chi connectivity index (χ3v) is 2.28. The minimum atomic E-state index is 0.706. The molecule has 0 amide bonds. The maximum atomic E-state index is 5.64. The summed E-state index contributed by atoms with van der Waals surface area (Å²) in [7, 11) is 0. The first-order valence-corrected chi connectivity index (χ1v) is 4.86. The Morgan fingerprint density at radius 3 is 2.80 bits per heavy atom. The van der Waals surface area contributed by atoms with Gasteiger partial charge in [0.1, 0.15) is 0 Å². The summed E-state index contributed by atoms with van der Waals surface area (Å²) in [4.78, 5) is 8.57. The zero-order chi connectivity index (χ0) is 10.7. The van der Waals surface area contributed by atoms with Crippen molar-refractivity contribution in [3.63, 3.8) is 0 Å². The highest BCUT2D eigenvalue weighted by molar-refractivity contribution is 5.40. The van der Waals surface area contributed by atoms with Gasteiger partial charge in [-0.05, 0) is 30.7 Å². The number of rotatable bonds is 2. The number of hydrogen-bond acceptors (Lipinski definition) is 3. The average molecular weight is 199 g/mol. The highest BCUT2D eigenvalue weighted by Crippen LogP contribution is 2.12. The minimum absolute atomic E-state index is 0.706. The monoisotopic (exact) mass is 199 g/mol. The molecule has 0 fully saturated rings. The molecule has 2 rings (SSSR count).